The number of fused-ring (bicyclic) bond motifs is 1. The number of hydrogen-bond donors (Lipinski definition) is 1. The van der Waals surface area contributed by atoms with E-state index < -0.39 is 17.7 Å². The quantitative estimate of drug-likeness (QED) is 0.327. The fraction of sp³-hybridized carbons (Fsp3) is 0.393. The zero-order valence-corrected chi connectivity index (χ0v) is 21.4. The molecule has 2 aromatic heterocycles. The van der Waals surface area contributed by atoms with Crippen LogP contribution in [-0.4, -0.2) is 63.2 Å². The molecule has 7 heteroatoms. The lowest BCUT2D eigenvalue weighted by Gasteiger charge is -2.27. The molecule has 3 aromatic rings. The number of likely N-dealkylation sites (tertiary alicyclic amines) is 1. The van der Waals surface area contributed by atoms with E-state index in [0.717, 1.165) is 17.7 Å². The smallest absolute Gasteiger partial charge is 0.295 e. The minimum atomic E-state index is -0.667. The van der Waals surface area contributed by atoms with Gasteiger partial charge >= 0.3 is 0 Å². The molecule has 4 rings (SSSR count). The van der Waals surface area contributed by atoms with E-state index in [-0.39, 0.29) is 16.7 Å². The van der Waals surface area contributed by atoms with Gasteiger partial charge in [0.05, 0.1) is 17.3 Å². The van der Waals surface area contributed by atoms with Crippen molar-refractivity contribution in [2.24, 2.45) is 0 Å². The zero-order valence-electron chi connectivity index (χ0n) is 21.4. The second-order valence-electron chi connectivity index (χ2n) is 10.5. The number of aromatic nitrogens is 2. The molecule has 1 aliphatic rings. The number of Topliss-reactive ketones (excluding diaryl/α,β-unsaturated/α-hetero) is 1. The van der Waals surface area contributed by atoms with Gasteiger partial charge in [-0.3, -0.25) is 14.0 Å². The number of nitrogens with zero attached hydrogens (tertiary/aromatic N) is 4. The van der Waals surface area contributed by atoms with Gasteiger partial charge in [0, 0.05) is 12.7 Å². The highest BCUT2D eigenvalue weighted by Gasteiger charge is 2.46. The minimum absolute atomic E-state index is 0.0281. The number of aliphatic hydroxyl groups is 1. The van der Waals surface area contributed by atoms with Crippen LogP contribution in [0.25, 0.3) is 11.4 Å². The largest absolute Gasteiger partial charge is 0.505 e. The van der Waals surface area contributed by atoms with Gasteiger partial charge in [-0.05, 0) is 62.7 Å². The van der Waals surface area contributed by atoms with E-state index in [1.54, 1.807) is 22.4 Å². The van der Waals surface area contributed by atoms with E-state index >= 15 is 0 Å². The van der Waals surface area contributed by atoms with Crippen molar-refractivity contribution in [1.29, 1.82) is 0 Å². The van der Waals surface area contributed by atoms with Crippen molar-refractivity contribution >= 4 is 23.1 Å². The van der Waals surface area contributed by atoms with Crippen molar-refractivity contribution in [3.05, 3.63) is 76.7 Å². The first-order chi connectivity index (χ1) is 16.5. The molecule has 0 saturated carbocycles. The monoisotopic (exact) mass is 474 g/mol. The highest BCUT2D eigenvalue weighted by atomic mass is 16.3. The number of carbonyl (C=O) groups is 2. The molecule has 3 heterocycles. The van der Waals surface area contributed by atoms with Gasteiger partial charge in [-0.15, -0.1) is 0 Å². The number of ketones is 1. The molecule has 35 heavy (non-hydrogen) atoms. The number of benzene rings is 1. The molecule has 0 bridgehead atoms. The fourth-order valence-corrected chi connectivity index (χ4v) is 4.71. The lowest BCUT2D eigenvalue weighted by Crippen LogP contribution is -2.32. The first-order valence-electron chi connectivity index (χ1n) is 12.0. The van der Waals surface area contributed by atoms with Crippen LogP contribution >= 0.6 is 0 Å². The molecule has 1 N–H and O–H groups in total. The summed E-state index contributed by atoms with van der Waals surface area (Å²) in [4.78, 5) is 34.8. The Bertz CT molecular complexity index is 1300. The average molecular weight is 475 g/mol. The number of hydrogen-bond acceptors (Lipinski definition) is 5. The van der Waals surface area contributed by atoms with Crippen LogP contribution in [0.2, 0.25) is 0 Å². The Morgan fingerprint density at radius 3 is 2.40 bits per heavy atom. The van der Waals surface area contributed by atoms with Gasteiger partial charge in [-0.25, -0.2) is 4.98 Å². The maximum absolute atomic E-state index is 13.4. The van der Waals surface area contributed by atoms with Gasteiger partial charge in [0.2, 0.25) is 0 Å². The third-order valence-electron chi connectivity index (χ3n) is 6.57. The molecule has 7 nitrogen and oxygen atoms in total. The van der Waals surface area contributed by atoms with Crippen molar-refractivity contribution in [3.63, 3.8) is 0 Å². The molecule has 1 aliphatic heterocycles. The molecule has 0 unspecified atom stereocenters. The van der Waals surface area contributed by atoms with Crippen LogP contribution < -0.4 is 0 Å². The summed E-state index contributed by atoms with van der Waals surface area (Å²) in [6.45, 7) is 9.42. The number of carbonyl (C=O) groups excluding carboxylic acids is 2. The van der Waals surface area contributed by atoms with Crippen molar-refractivity contribution < 1.29 is 14.7 Å². The first kappa shape index (κ1) is 24.7. The predicted octanol–water partition coefficient (Wildman–Crippen LogP) is 4.31. The Morgan fingerprint density at radius 2 is 1.77 bits per heavy atom. The molecule has 1 aromatic carbocycles. The van der Waals surface area contributed by atoms with Gasteiger partial charge in [-0.2, -0.15) is 0 Å². The summed E-state index contributed by atoms with van der Waals surface area (Å²) in [5.74, 6) is -1.44. The second-order valence-corrected chi connectivity index (χ2v) is 10.5. The van der Waals surface area contributed by atoms with Crippen molar-refractivity contribution in [2.45, 2.75) is 45.6 Å². The Labute approximate surface area is 206 Å². The predicted molar refractivity (Wildman–Crippen MR) is 137 cm³/mol. The van der Waals surface area contributed by atoms with Crippen LogP contribution in [0, 0.1) is 6.92 Å². The summed E-state index contributed by atoms with van der Waals surface area (Å²) in [5, 5.41) is 11.5. The molecule has 1 fully saturated rings. The third kappa shape index (κ3) is 4.60. The Balaban J connectivity index is 1.87. The molecule has 0 spiro atoms. The second kappa shape index (κ2) is 9.30. The van der Waals surface area contributed by atoms with Crippen LogP contribution in [0.1, 0.15) is 55.7 Å². The molecule has 0 aliphatic carbocycles. The molecular formula is C28H34N4O3. The van der Waals surface area contributed by atoms with E-state index in [1.165, 1.54) is 0 Å². The SMILES string of the molecule is Cc1nc2ccccn2c1C(O)=C1C(=O)C(=O)N(CCCN(C)C)[C@@H]1c1ccc(C(C)(C)C)cc1. The highest BCUT2D eigenvalue weighted by Crippen LogP contribution is 2.40. The molecular weight excluding hydrogens is 440 g/mol. The van der Waals surface area contributed by atoms with Gasteiger partial charge < -0.3 is 14.9 Å². The number of aliphatic hydroxyl groups excluding tert-OH is 1. The first-order valence-corrected chi connectivity index (χ1v) is 12.0. The van der Waals surface area contributed by atoms with Gasteiger partial charge in [0.25, 0.3) is 11.7 Å². The molecule has 0 radical (unpaired) electrons. The average Bonchev–Trinajstić information content (AvgIpc) is 3.26. The number of amides is 1. The van der Waals surface area contributed by atoms with Gasteiger partial charge in [0.15, 0.2) is 5.76 Å². The van der Waals surface area contributed by atoms with Crippen LogP contribution in [0.5, 0.6) is 0 Å². The highest BCUT2D eigenvalue weighted by molar-refractivity contribution is 6.46. The lowest BCUT2D eigenvalue weighted by atomic mass is 9.85. The summed E-state index contributed by atoms with van der Waals surface area (Å²) in [6.07, 6.45) is 2.51. The molecule has 1 atom stereocenters. The summed E-state index contributed by atoms with van der Waals surface area (Å²) < 4.78 is 1.75. The van der Waals surface area contributed by atoms with Crippen molar-refractivity contribution in [3.8, 4) is 0 Å². The Kier molecular flexibility index (Phi) is 6.56. The van der Waals surface area contributed by atoms with Crippen LogP contribution in [-0.2, 0) is 15.0 Å². The lowest BCUT2D eigenvalue weighted by molar-refractivity contribution is -0.139. The normalized spacial score (nSPS) is 18.3. The van der Waals surface area contributed by atoms with Crippen LogP contribution in [0.3, 0.4) is 0 Å². The standard InChI is InChI=1S/C28H34N4O3/c1-18-23(31-16-8-7-10-21(31)29-18)25(33)22-24(19-11-13-20(14-12-19)28(2,3)4)32(27(35)26(22)34)17-9-15-30(5)6/h7-8,10-14,16,24,33H,9,15,17H2,1-6H3/t24-/m1/s1. The maximum Gasteiger partial charge on any atom is 0.295 e. The Morgan fingerprint density at radius 1 is 1.09 bits per heavy atom. The maximum atomic E-state index is 13.4. The zero-order chi connectivity index (χ0) is 25.5. The van der Waals surface area contributed by atoms with E-state index in [4.69, 9.17) is 0 Å². The van der Waals surface area contributed by atoms with Gasteiger partial charge in [0.1, 0.15) is 11.3 Å². The van der Waals surface area contributed by atoms with E-state index in [2.05, 4.69) is 25.8 Å². The number of imidazole rings is 1. The van der Waals surface area contributed by atoms with E-state index in [1.807, 2.05) is 61.5 Å². The fourth-order valence-electron chi connectivity index (χ4n) is 4.71. The Hall–Kier alpha value is -3.45. The number of aryl methyl sites for hydroxylation is 1. The summed E-state index contributed by atoms with van der Waals surface area (Å²) >= 11 is 0. The van der Waals surface area contributed by atoms with E-state index in [0.29, 0.717) is 30.0 Å². The third-order valence-corrected chi connectivity index (χ3v) is 6.57. The van der Waals surface area contributed by atoms with E-state index in [9.17, 15) is 14.7 Å². The van der Waals surface area contributed by atoms with Gasteiger partial charge in [-0.1, -0.05) is 51.1 Å². The molecule has 1 amide bonds. The molecule has 184 valence electrons. The minimum Gasteiger partial charge on any atom is -0.505 e. The summed E-state index contributed by atoms with van der Waals surface area (Å²) in [6, 6.07) is 12.9. The number of rotatable bonds is 6. The summed E-state index contributed by atoms with van der Waals surface area (Å²) in [5.41, 5.74) is 3.73. The van der Waals surface area contributed by atoms with Crippen LogP contribution in [0.4, 0.5) is 0 Å². The van der Waals surface area contributed by atoms with Crippen LogP contribution in [0.15, 0.2) is 54.2 Å². The van der Waals surface area contributed by atoms with Crippen molar-refractivity contribution in [1.82, 2.24) is 19.2 Å². The summed E-state index contributed by atoms with van der Waals surface area (Å²) in [7, 11) is 3.95. The number of pyridine rings is 1. The topological polar surface area (TPSA) is 78.1 Å². The molecule has 1 saturated heterocycles. The van der Waals surface area contributed by atoms with Crippen molar-refractivity contribution in [2.75, 3.05) is 27.2 Å².